The molecule has 3 fully saturated rings. The number of carbonyl (C=O) groups is 2. The zero-order valence-electron chi connectivity index (χ0n) is 10.5. The smallest absolute Gasteiger partial charge is 0.253 e. The number of hydrogen-bond donors (Lipinski definition) is 0. The van der Waals surface area contributed by atoms with Gasteiger partial charge in [0.1, 0.15) is 0 Å². The Kier molecular flexibility index (Phi) is 1.94. The second kappa shape index (κ2) is 3.01. The number of rotatable bonds is 1. The Labute approximate surface area is 102 Å². The summed E-state index contributed by atoms with van der Waals surface area (Å²) < 4.78 is 0. The lowest BCUT2D eigenvalue weighted by atomic mass is 9.57. The van der Waals surface area contributed by atoms with E-state index in [-0.39, 0.29) is 22.8 Å². The average Bonchev–Trinajstić information content (AvgIpc) is 2.80. The first-order valence-electron chi connectivity index (χ1n) is 6.44. The van der Waals surface area contributed by atoms with Gasteiger partial charge in [0.05, 0.1) is 12.0 Å². The number of fused-ring (bicyclic) bond motifs is 3. The molecule has 3 unspecified atom stereocenters. The molecule has 2 amide bonds. The van der Waals surface area contributed by atoms with Gasteiger partial charge in [-0.3, -0.25) is 14.5 Å². The van der Waals surface area contributed by atoms with Crippen molar-refractivity contribution in [3.05, 3.63) is 12.7 Å². The third-order valence-electron chi connectivity index (χ3n) is 5.71. The van der Waals surface area contributed by atoms with Crippen LogP contribution in [-0.2, 0) is 9.59 Å². The maximum absolute atomic E-state index is 11.9. The highest BCUT2D eigenvalue weighted by Gasteiger charge is 2.72. The van der Waals surface area contributed by atoms with Crippen LogP contribution in [0.5, 0.6) is 0 Å². The first-order chi connectivity index (χ1) is 7.95. The summed E-state index contributed by atoms with van der Waals surface area (Å²) in [6.45, 7) is 7.98. The predicted octanol–water partition coefficient (Wildman–Crippen LogP) is 2.13. The van der Waals surface area contributed by atoms with Gasteiger partial charge in [-0.15, -0.1) is 0 Å². The summed E-state index contributed by atoms with van der Waals surface area (Å²) in [4.78, 5) is 25.2. The summed E-state index contributed by atoms with van der Waals surface area (Å²) in [5.41, 5.74) is -0.124. The molecular weight excluding hydrogens is 214 g/mol. The van der Waals surface area contributed by atoms with Gasteiger partial charge in [0, 0.05) is 0 Å². The van der Waals surface area contributed by atoms with Gasteiger partial charge < -0.3 is 0 Å². The van der Waals surface area contributed by atoms with E-state index in [9.17, 15) is 9.59 Å². The zero-order chi connectivity index (χ0) is 12.4. The molecule has 1 spiro atoms. The number of amides is 2. The van der Waals surface area contributed by atoms with Gasteiger partial charge in [-0.2, -0.15) is 0 Å². The van der Waals surface area contributed by atoms with Gasteiger partial charge in [-0.1, -0.05) is 20.4 Å². The second-order valence-corrected chi connectivity index (χ2v) is 6.30. The molecule has 0 aromatic carbocycles. The van der Waals surface area contributed by atoms with Crippen LogP contribution in [0, 0.1) is 17.3 Å². The minimum atomic E-state index is -0.207. The van der Waals surface area contributed by atoms with Crippen molar-refractivity contribution in [2.75, 3.05) is 0 Å². The zero-order valence-corrected chi connectivity index (χ0v) is 10.5. The number of carbonyl (C=O) groups excluding carboxylic acids is 2. The molecule has 17 heavy (non-hydrogen) atoms. The SMILES string of the molecule is C=CC(=O)N1C(=O)CC12C1CCC(C1)C2(C)C. The molecule has 0 N–H and O–H groups in total. The highest BCUT2D eigenvalue weighted by atomic mass is 16.2. The van der Waals surface area contributed by atoms with E-state index < -0.39 is 0 Å². The lowest BCUT2D eigenvalue weighted by Gasteiger charge is -2.60. The Morgan fingerprint density at radius 2 is 2.06 bits per heavy atom. The minimum Gasteiger partial charge on any atom is -0.274 e. The van der Waals surface area contributed by atoms with Crippen LogP contribution in [0.4, 0.5) is 0 Å². The molecule has 3 rings (SSSR count). The topological polar surface area (TPSA) is 37.4 Å². The molecule has 1 heterocycles. The molecule has 2 bridgehead atoms. The first-order valence-corrected chi connectivity index (χ1v) is 6.44. The third-order valence-corrected chi connectivity index (χ3v) is 5.71. The molecule has 0 radical (unpaired) electrons. The van der Waals surface area contributed by atoms with E-state index in [0.29, 0.717) is 18.3 Å². The molecule has 2 saturated carbocycles. The summed E-state index contributed by atoms with van der Waals surface area (Å²) in [7, 11) is 0. The monoisotopic (exact) mass is 233 g/mol. The van der Waals surface area contributed by atoms with E-state index in [1.54, 1.807) is 0 Å². The molecule has 0 aromatic rings. The molecular formula is C14H19NO2. The van der Waals surface area contributed by atoms with E-state index in [0.717, 1.165) is 0 Å². The van der Waals surface area contributed by atoms with Crippen LogP contribution in [0.2, 0.25) is 0 Å². The van der Waals surface area contributed by atoms with Gasteiger partial charge in [-0.05, 0) is 42.6 Å². The number of nitrogens with zero attached hydrogens (tertiary/aromatic N) is 1. The molecule has 1 saturated heterocycles. The van der Waals surface area contributed by atoms with E-state index in [1.165, 1.54) is 30.2 Å². The van der Waals surface area contributed by atoms with Gasteiger partial charge in [0.15, 0.2) is 0 Å². The van der Waals surface area contributed by atoms with Crippen LogP contribution in [0.1, 0.15) is 39.5 Å². The average molecular weight is 233 g/mol. The van der Waals surface area contributed by atoms with Crippen molar-refractivity contribution in [1.82, 2.24) is 4.90 Å². The number of likely N-dealkylation sites (tertiary alicyclic amines) is 1. The van der Waals surface area contributed by atoms with Gasteiger partial charge >= 0.3 is 0 Å². The van der Waals surface area contributed by atoms with E-state index in [1.807, 2.05) is 0 Å². The number of hydrogen-bond acceptors (Lipinski definition) is 2. The van der Waals surface area contributed by atoms with E-state index >= 15 is 0 Å². The van der Waals surface area contributed by atoms with Crippen LogP contribution in [0.3, 0.4) is 0 Å². The van der Waals surface area contributed by atoms with E-state index in [2.05, 4.69) is 20.4 Å². The first kappa shape index (κ1) is 11.0. The lowest BCUT2D eigenvalue weighted by molar-refractivity contribution is -0.184. The maximum Gasteiger partial charge on any atom is 0.253 e. The summed E-state index contributed by atoms with van der Waals surface area (Å²) in [6.07, 6.45) is 5.44. The Balaban J connectivity index is 2.05. The molecule has 0 aromatic heterocycles. The normalized spacial score (nSPS) is 41.8. The van der Waals surface area contributed by atoms with Crippen molar-refractivity contribution in [3.8, 4) is 0 Å². The summed E-state index contributed by atoms with van der Waals surface area (Å²) >= 11 is 0. The molecule has 3 nitrogen and oxygen atoms in total. The van der Waals surface area contributed by atoms with Crippen molar-refractivity contribution in [2.45, 2.75) is 45.1 Å². The summed E-state index contributed by atoms with van der Waals surface area (Å²) in [6, 6.07) is 0. The van der Waals surface area contributed by atoms with Crippen molar-refractivity contribution in [1.29, 1.82) is 0 Å². The highest BCUT2D eigenvalue weighted by molar-refractivity contribution is 6.06. The quantitative estimate of drug-likeness (QED) is 0.514. The van der Waals surface area contributed by atoms with Crippen molar-refractivity contribution in [3.63, 3.8) is 0 Å². The van der Waals surface area contributed by atoms with Crippen LogP contribution in [0.25, 0.3) is 0 Å². The predicted molar refractivity (Wildman–Crippen MR) is 64.0 cm³/mol. The van der Waals surface area contributed by atoms with Crippen molar-refractivity contribution in [2.24, 2.45) is 17.3 Å². The van der Waals surface area contributed by atoms with Crippen LogP contribution < -0.4 is 0 Å². The fraction of sp³-hybridized carbons (Fsp3) is 0.714. The van der Waals surface area contributed by atoms with Gasteiger partial charge in [0.25, 0.3) is 5.91 Å². The Hall–Kier alpha value is -1.12. The molecule has 3 aliphatic rings. The molecule has 3 heteroatoms. The Bertz CT molecular complexity index is 426. The molecule has 92 valence electrons. The fourth-order valence-electron chi connectivity index (χ4n) is 4.72. The summed E-state index contributed by atoms with van der Waals surface area (Å²) in [5.74, 6) is 0.960. The molecule has 1 aliphatic heterocycles. The minimum absolute atomic E-state index is 0.0180. The van der Waals surface area contributed by atoms with Crippen LogP contribution >= 0.6 is 0 Å². The lowest BCUT2D eigenvalue weighted by Crippen LogP contribution is -2.73. The largest absolute Gasteiger partial charge is 0.274 e. The highest BCUT2D eigenvalue weighted by Crippen LogP contribution is 2.68. The molecule has 2 aliphatic carbocycles. The second-order valence-electron chi connectivity index (χ2n) is 6.30. The summed E-state index contributed by atoms with van der Waals surface area (Å²) in [5, 5.41) is 0. The maximum atomic E-state index is 11.9. The molecule has 3 atom stereocenters. The standard InChI is InChI=1S/C14H19NO2/c1-4-11(16)15-12(17)8-14(15)10-6-5-9(7-10)13(14,2)3/h4,9-10H,1,5-8H2,2-3H3. The fourth-order valence-corrected chi connectivity index (χ4v) is 4.72. The van der Waals surface area contributed by atoms with Crippen LogP contribution in [0.15, 0.2) is 12.7 Å². The Morgan fingerprint density at radius 3 is 2.53 bits per heavy atom. The Morgan fingerprint density at radius 1 is 1.41 bits per heavy atom. The third kappa shape index (κ3) is 0.992. The van der Waals surface area contributed by atoms with Gasteiger partial charge in [0.2, 0.25) is 5.91 Å². The van der Waals surface area contributed by atoms with Crippen LogP contribution in [-0.4, -0.2) is 22.3 Å². The van der Waals surface area contributed by atoms with Gasteiger partial charge in [-0.25, -0.2) is 0 Å². The van der Waals surface area contributed by atoms with Crippen molar-refractivity contribution < 1.29 is 9.59 Å². The van der Waals surface area contributed by atoms with E-state index in [4.69, 9.17) is 0 Å². The number of imide groups is 1. The van der Waals surface area contributed by atoms with Crippen molar-refractivity contribution >= 4 is 11.8 Å². The number of β-lactam (4-membered cyclic amide) rings is 1.